The minimum absolute atomic E-state index is 0.129. The molecule has 1 aromatic rings. The second-order valence-electron chi connectivity index (χ2n) is 7.70. The van der Waals surface area contributed by atoms with Crippen LogP contribution in [0.4, 0.5) is 0 Å². The van der Waals surface area contributed by atoms with Crippen molar-refractivity contribution in [2.45, 2.75) is 82.3 Å². The van der Waals surface area contributed by atoms with E-state index in [9.17, 15) is 8.42 Å². The third kappa shape index (κ3) is 6.08. The van der Waals surface area contributed by atoms with Gasteiger partial charge >= 0.3 is 0 Å². The molecule has 2 aliphatic rings. The lowest BCUT2D eigenvalue weighted by Crippen LogP contribution is -2.43. The van der Waals surface area contributed by atoms with Gasteiger partial charge in [-0.25, -0.2) is 13.1 Å². The Morgan fingerprint density at radius 1 is 0.840 bits per heavy atom. The van der Waals surface area contributed by atoms with Crippen LogP contribution in [0.15, 0.2) is 30.3 Å². The molecule has 0 radical (unpaired) electrons. The van der Waals surface area contributed by atoms with E-state index in [1.165, 1.54) is 25.7 Å². The fourth-order valence-electron chi connectivity index (χ4n) is 4.22. The van der Waals surface area contributed by atoms with Crippen molar-refractivity contribution in [1.82, 2.24) is 10.0 Å². The molecular formula is C20H32N2O2S. The molecule has 0 heterocycles. The predicted octanol–water partition coefficient (Wildman–Crippen LogP) is 3.90. The van der Waals surface area contributed by atoms with Gasteiger partial charge in [-0.2, -0.15) is 0 Å². The highest BCUT2D eigenvalue weighted by Gasteiger charge is 2.26. The molecular weight excluding hydrogens is 332 g/mol. The molecule has 5 heteroatoms. The van der Waals surface area contributed by atoms with Crippen LogP contribution in [0, 0.1) is 0 Å². The molecule has 140 valence electrons. The van der Waals surface area contributed by atoms with Crippen LogP contribution in [-0.4, -0.2) is 26.3 Å². The quantitative estimate of drug-likeness (QED) is 0.771. The molecule has 3 rings (SSSR count). The molecule has 2 aliphatic carbocycles. The van der Waals surface area contributed by atoms with Crippen LogP contribution in [0.2, 0.25) is 0 Å². The van der Waals surface area contributed by atoms with Crippen molar-refractivity contribution in [2.24, 2.45) is 0 Å². The molecule has 2 saturated carbocycles. The van der Waals surface area contributed by atoms with Crippen LogP contribution >= 0.6 is 0 Å². The first-order valence-corrected chi connectivity index (χ1v) is 11.6. The molecule has 0 amide bonds. The Balaban J connectivity index is 1.67. The van der Waals surface area contributed by atoms with Crippen LogP contribution in [0.25, 0.3) is 0 Å². The van der Waals surface area contributed by atoms with Crippen molar-refractivity contribution in [1.29, 1.82) is 0 Å². The van der Waals surface area contributed by atoms with Gasteiger partial charge in [0.2, 0.25) is 10.0 Å². The minimum atomic E-state index is -3.29. The highest BCUT2D eigenvalue weighted by atomic mass is 32.2. The monoisotopic (exact) mass is 364 g/mol. The Morgan fingerprint density at radius 2 is 1.40 bits per heavy atom. The maximum atomic E-state index is 12.8. The zero-order chi connectivity index (χ0) is 17.5. The van der Waals surface area contributed by atoms with Crippen molar-refractivity contribution in [3.8, 4) is 0 Å². The highest BCUT2D eigenvalue weighted by molar-refractivity contribution is 7.89. The van der Waals surface area contributed by atoms with Crippen LogP contribution in [0.5, 0.6) is 0 Å². The summed E-state index contributed by atoms with van der Waals surface area (Å²) in [7, 11) is -3.29. The van der Waals surface area contributed by atoms with E-state index < -0.39 is 10.0 Å². The van der Waals surface area contributed by atoms with E-state index in [1.807, 2.05) is 30.3 Å². The van der Waals surface area contributed by atoms with Crippen LogP contribution in [0.1, 0.15) is 75.8 Å². The summed E-state index contributed by atoms with van der Waals surface area (Å²) in [4.78, 5) is 0. The molecule has 2 N–H and O–H groups in total. The van der Waals surface area contributed by atoms with E-state index in [0.717, 1.165) is 44.1 Å². The third-order valence-electron chi connectivity index (χ3n) is 5.58. The molecule has 2 fully saturated rings. The number of nitrogens with one attached hydrogen (secondary N) is 2. The van der Waals surface area contributed by atoms with Crippen molar-refractivity contribution in [3.63, 3.8) is 0 Å². The average molecular weight is 365 g/mol. The summed E-state index contributed by atoms with van der Waals surface area (Å²) in [5.74, 6) is 0.129. The van der Waals surface area contributed by atoms with E-state index in [-0.39, 0.29) is 17.8 Å². The number of hydrogen-bond acceptors (Lipinski definition) is 3. The fourth-order valence-corrected chi connectivity index (χ4v) is 5.79. The maximum Gasteiger partial charge on any atom is 0.213 e. The van der Waals surface area contributed by atoms with Gasteiger partial charge in [0.05, 0.1) is 5.75 Å². The molecule has 0 aliphatic heterocycles. The van der Waals surface area contributed by atoms with E-state index >= 15 is 0 Å². The number of sulfonamides is 1. The van der Waals surface area contributed by atoms with E-state index in [2.05, 4.69) is 10.0 Å². The van der Waals surface area contributed by atoms with Crippen LogP contribution in [-0.2, 0) is 10.0 Å². The summed E-state index contributed by atoms with van der Waals surface area (Å²) < 4.78 is 28.5. The molecule has 1 atom stereocenters. The smallest absolute Gasteiger partial charge is 0.213 e. The van der Waals surface area contributed by atoms with Gasteiger partial charge in [0.25, 0.3) is 0 Å². The zero-order valence-electron chi connectivity index (χ0n) is 15.1. The molecule has 0 bridgehead atoms. The Labute approximate surface area is 152 Å². The first kappa shape index (κ1) is 18.9. The topological polar surface area (TPSA) is 58.2 Å². The van der Waals surface area contributed by atoms with Gasteiger partial charge < -0.3 is 5.32 Å². The largest absolute Gasteiger partial charge is 0.306 e. The maximum absolute atomic E-state index is 12.8. The lowest BCUT2D eigenvalue weighted by Gasteiger charge is -2.30. The Bertz CT molecular complexity index is 606. The summed E-state index contributed by atoms with van der Waals surface area (Å²) in [5.41, 5.74) is 1.07. The molecule has 0 spiro atoms. The van der Waals surface area contributed by atoms with Gasteiger partial charge in [-0.15, -0.1) is 0 Å². The van der Waals surface area contributed by atoms with Crippen LogP contribution < -0.4 is 10.0 Å². The Morgan fingerprint density at radius 3 is 2.00 bits per heavy atom. The van der Waals surface area contributed by atoms with Gasteiger partial charge in [-0.1, -0.05) is 68.9 Å². The highest BCUT2D eigenvalue weighted by Crippen LogP contribution is 2.24. The summed E-state index contributed by atoms with van der Waals surface area (Å²) in [6, 6.07) is 10.5. The number of hydrogen-bond donors (Lipinski definition) is 2. The van der Waals surface area contributed by atoms with Gasteiger partial charge in [-0.3, -0.25) is 0 Å². The van der Waals surface area contributed by atoms with E-state index in [1.54, 1.807) is 0 Å². The summed E-state index contributed by atoms with van der Waals surface area (Å²) in [5, 5.41) is 3.65. The fraction of sp³-hybridized carbons (Fsp3) is 0.700. The predicted molar refractivity (Wildman–Crippen MR) is 103 cm³/mol. The lowest BCUT2D eigenvalue weighted by atomic mass is 9.94. The minimum Gasteiger partial charge on any atom is -0.306 e. The van der Waals surface area contributed by atoms with Gasteiger partial charge in [0.15, 0.2) is 0 Å². The van der Waals surface area contributed by atoms with Crippen LogP contribution in [0.3, 0.4) is 0 Å². The number of benzene rings is 1. The lowest BCUT2D eigenvalue weighted by molar-refractivity contribution is 0.346. The summed E-state index contributed by atoms with van der Waals surface area (Å²) in [6.45, 7) is 0. The SMILES string of the molecule is O=S(=O)(CC(NC1CCCCC1)c1ccccc1)NC1CCCCC1. The molecule has 0 aromatic heterocycles. The van der Waals surface area contributed by atoms with E-state index in [0.29, 0.717) is 6.04 Å². The third-order valence-corrected chi connectivity index (χ3v) is 7.05. The second-order valence-corrected chi connectivity index (χ2v) is 9.50. The second kappa shape index (κ2) is 9.15. The molecule has 25 heavy (non-hydrogen) atoms. The van der Waals surface area contributed by atoms with E-state index in [4.69, 9.17) is 0 Å². The van der Waals surface area contributed by atoms with Crippen molar-refractivity contribution in [3.05, 3.63) is 35.9 Å². The molecule has 1 unspecified atom stereocenters. The van der Waals surface area contributed by atoms with Gasteiger partial charge in [0.1, 0.15) is 0 Å². The molecule has 1 aromatic carbocycles. The Hall–Kier alpha value is -0.910. The molecule has 0 saturated heterocycles. The molecule has 4 nitrogen and oxygen atoms in total. The standard InChI is InChI=1S/C20H32N2O2S/c23-25(24,22-19-14-8-3-9-15-19)16-20(17-10-4-1-5-11-17)21-18-12-6-2-7-13-18/h1,4-5,10-11,18-22H,2-3,6-9,12-16H2. The normalized spacial score (nSPS) is 21.9. The van der Waals surface area contributed by atoms with Crippen molar-refractivity contribution >= 4 is 10.0 Å². The number of rotatable bonds is 7. The Kier molecular flexibility index (Phi) is 6.91. The zero-order valence-corrected chi connectivity index (χ0v) is 15.9. The van der Waals surface area contributed by atoms with Crippen molar-refractivity contribution < 1.29 is 8.42 Å². The summed E-state index contributed by atoms with van der Waals surface area (Å²) in [6.07, 6.45) is 11.5. The summed E-state index contributed by atoms with van der Waals surface area (Å²) >= 11 is 0. The van der Waals surface area contributed by atoms with Gasteiger partial charge in [-0.05, 0) is 31.2 Å². The average Bonchev–Trinajstić information content (AvgIpc) is 2.63. The first-order chi connectivity index (χ1) is 12.1. The van der Waals surface area contributed by atoms with Gasteiger partial charge in [0, 0.05) is 18.1 Å². The first-order valence-electron chi connectivity index (χ1n) is 9.93. The van der Waals surface area contributed by atoms with Crippen molar-refractivity contribution in [2.75, 3.05) is 5.75 Å².